The van der Waals surface area contributed by atoms with Gasteiger partial charge in [-0.1, -0.05) is 37.3 Å². The van der Waals surface area contributed by atoms with Gasteiger partial charge < -0.3 is 15.8 Å². The Morgan fingerprint density at radius 1 is 1.26 bits per heavy atom. The lowest BCUT2D eigenvalue weighted by atomic mass is 10.0. The van der Waals surface area contributed by atoms with Gasteiger partial charge in [-0.2, -0.15) is 0 Å². The maximum absolute atomic E-state index is 12.0. The molecular weight excluding hydrogens is 477 g/mol. The number of nitrogens with two attached hydrogens (primary N) is 1. The molecule has 0 fully saturated rings. The number of nitrogens with zero attached hydrogens (tertiary/aromatic N) is 1. The summed E-state index contributed by atoms with van der Waals surface area (Å²) in [5.41, 5.74) is 7.90. The monoisotopic (exact) mass is 501 g/mol. The number of hydrogen-bond donors (Lipinski definition) is 2. The summed E-state index contributed by atoms with van der Waals surface area (Å²) in [6.45, 7) is 2.57. The summed E-state index contributed by atoms with van der Waals surface area (Å²) in [5.74, 6) is 1.27. The minimum absolute atomic E-state index is 0. The Bertz CT molecular complexity index is 916. The molecule has 0 aliphatic carbocycles. The van der Waals surface area contributed by atoms with Crippen molar-refractivity contribution < 1.29 is 13.2 Å². The normalized spacial score (nSPS) is 16.6. The molecule has 1 aliphatic rings. The molecule has 2 aromatic rings. The summed E-state index contributed by atoms with van der Waals surface area (Å²) in [6.07, 6.45) is 0.803. The average molecular weight is 501 g/mol. The van der Waals surface area contributed by atoms with Crippen LogP contribution >= 0.6 is 24.0 Å². The predicted octanol–water partition coefficient (Wildman–Crippen LogP) is 3.03. The lowest BCUT2D eigenvalue weighted by molar-refractivity contribution is 0.262. The molecule has 0 bridgehead atoms. The van der Waals surface area contributed by atoms with Gasteiger partial charge >= 0.3 is 0 Å². The SMILES string of the molecule is CCS(=O)(=O)c1cccc(CN=C(N)NC2CCOc3ccccc32)c1.I. The topological polar surface area (TPSA) is 93.8 Å². The summed E-state index contributed by atoms with van der Waals surface area (Å²) in [6, 6.07) is 14.7. The Hall–Kier alpha value is -1.81. The quantitative estimate of drug-likeness (QED) is 0.373. The van der Waals surface area contributed by atoms with Crippen molar-refractivity contribution in [1.29, 1.82) is 0 Å². The van der Waals surface area contributed by atoms with Crippen molar-refractivity contribution in [1.82, 2.24) is 5.32 Å². The molecular formula is C19H24IN3O3S. The first kappa shape index (κ1) is 21.5. The van der Waals surface area contributed by atoms with Gasteiger partial charge in [-0.3, -0.25) is 0 Å². The number of para-hydroxylation sites is 1. The van der Waals surface area contributed by atoms with E-state index in [1.54, 1.807) is 25.1 Å². The zero-order chi connectivity index (χ0) is 18.6. The molecule has 1 heterocycles. The van der Waals surface area contributed by atoms with Crippen LogP contribution in [0, 0.1) is 0 Å². The number of halogens is 1. The van der Waals surface area contributed by atoms with Crippen LogP contribution in [0.3, 0.4) is 0 Å². The van der Waals surface area contributed by atoms with Crippen molar-refractivity contribution >= 4 is 39.8 Å². The summed E-state index contributed by atoms with van der Waals surface area (Å²) in [5, 5.41) is 3.23. The molecule has 27 heavy (non-hydrogen) atoms. The van der Waals surface area contributed by atoms with E-state index in [9.17, 15) is 8.42 Å². The van der Waals surface area contributed by atoms with E-state index >= 15 is 0 Å². The van der Waals surface area contributed by atoms with E-state index in [0.29, 0.717) is 24.0 Å². The maximum Gasteiger partial charge on any atom is 0.189 e. The number of guanidine groups is 1. The van der Waals surface area contributed by atoms with Gasteiger partial charge in [0.1, 0.15) is 5.75 Å². The third kappa shape index (κ3) is 5.35. The van der Waals surface area contributed by atoms with Gasteiger partial charge in [0.25, 0.3) is 0 Å². The van der Waals surface area contributed by atoms with Crippen molar-refractivity contribution in [3.8, 4) is 5.75 Å². The average Bonchev–Trinajstić information content (AvgIpc) is 2.67. The van der Waals surface area contributed by atoms with Crippen LogP contribution in [0.25, 0.3) is 0 Å². The fraction of sp³-hybridized carbons (Fsp3) is 0.316. The second-order valence-electron chi connectivity index (χ2n) is 6.12. The van der Waals surface area contributed by atoms with Gasteiger partial charge in [0.05, 0.1) is 29.8 Å². The molecule has 1 unspecified atom stereocenters. The van der Waals surface area contributed by atoms with Crippen molar-refractivity contribution in [2.45, 2.75) is 30.8 Å². The smallest absolute Gasteiger partial charge is 0.189 e. The van der Waals surface area contributed by atoms with E-state index < -0.39 is 9.84 Å². The van der Waals surface area contributed by atoms with Crippen LogP contribution in [-0.4, -0.2) is 26.7 Å². The number of fused-ring (bicyclic) bond motifs is 1. The highest BCUT2D eigenvalue weighted by atomic mass is 127. The Kier molecular flexibility index (Phi) is 7.49. The zero-order valence-corrected chi connectivity index (χ0v) is 18.2. The fourth-order valence-corrected chi connectivity index (χ4v) is 3.85. The minimum atomic E-state index is -3.22. The Morgan fingerprint density at radius 3 is 2.81 bits per heavy atom. The van der Waals surface area contributed by atoms with Gasteiger partial charge in [0.2, 0.25) is 0 Å². The molecule has 1 atom stereocenters. The number of ether oxygens (including phenoxy) is 1. The third-order valence-corrected chi connectivity index (χ3v) is 6.08. The molecule has 0 spiro atoms. The molecule has 3 N–H and O–H groups in total. The highest BCUT2D eigenvalue weighted by molar-refractivity contribution is 14.0. The minimum Gasteiger partial charge on any atom is -0.493 e. The second-order valence-corrected chi connectivity index (χ2v) is 8.40. The molecule has 0 aromatic heterocycles. The van der Waals surface area contributed by atoms with Gasteiger partial charge in [-0.15, -0.1) is 24.0 Å². The van der Waals surface area contributed by atoms with Crippen molar-refractivity contribution in [2.24, 2.45) is 10.7 Å². The molecule has 0 radical (unpaired) electrons. The molecule has 2 aromatic carbocycles. The van der Waals surface area contributed by atoms with Crippen LogP contribution < -0.4 is 15.8 Å². The molecule has 146 valence electrons. The predicted molar refractivity (Wildman–Crippen MR) is 117 cm³/mol. The van der Waals surface area contributed by atoms with Gasteiger partial charge in [-0.05, 0) is 23.8 Å². The van der Waals surface area contributed by atoms with Gasteiger partial charge in [0.15, 0.2) is 15.8 Å². The molecule has 6 nitrogen and oxygen atoms in total. The second kappa shape index (κ2) is 9.41. The van der Waals surface area contributed by atoms with E-state index in [1.807, 2.05) is 30.3 Å². The highest BCUT2D eigenvalue weighted by Gasteiger charge is 2.21. The third-order valence-electron chi connectivity index (χ3n) is 4.35. The summed E-state index contributed by atoms with van der Waals surface area (Å²) in [7, 11) is -3.22. The van der Waals surface area contributed by atoms with Crippen LogP contribution in [0.1, 0.15) is 30.5 Å². The first-order valence-electron chi connectivity index (χ1n) is 8.59. The van der Waals surface area contributed by atoms with E-state index in [1.165, 1.54) is 0 Å². The van der Waals surface area contributed by atoms with Crippen molar-refractivity contribution in [3.63, 3.8) is 0 Å². The van der Waals surface area contributed by atoms with E-state index in [0.717, 1.165) is 23.3 Å². The van der Waals surface area contributed by atoms with E-state index in [2.05, 4.69) is 10.3 Å². The molecule has 3 rings (SSSR count). The zero-order valence-electron chi connectivity index (χ0n) is 15.1. The highest BCUT2D eigenvalue weighted by Crippen LogP contribution is 2.31. The molecule has 8 heteroatoms. The van der Waals surface area contributed by atoms with Crippen molar-refractivity contribution in [2.75, 3.05) is 12.4 Å². The van der Waals surface area contributed by atoms with Crippen LogP contribution in [0.5, 0.6) is 5.75 Å². The Morgan fingerprint density at radius 2 is 2.04 bits per heavy atom. The number of rotatable bonds is 5. The summed E-state index contributed by atoms with van der Waals surface area (Å²) >= 11 is 0. The first-order valence-corrected chi connectivity index (χ1v) is 10.2. The molecule has 0 amide bonds. The van der Waals surface area contributed by atoms with Crippen LogP contribution in [-0.2, 0) is 16.4 Å². The van der Waals surface area contributed by atoms with E-state index in [-0.39, 0.29) is 35.8 Å². The van der Waals surface area contributed by atoms with Crippen LogP contribution in [0.2, 0.25) is 0 Å². The number of aliphatic imine (C=N–C) groups is 1. The molecule has 0 saturated heterocycles. The fourth-order valence-electron chi connectivity index (χ4n) is 2.90. The van der Waals surface area contributed by atoms with Crippen LogP contribution in [0.15, 0.2) is 58.4 Å². The number of nitrogens with one attached hydrogen (secondary N) is 1. The maximum atomic E-state index is 12.0. The van der Waals surface area contributed by atoms with Gasteiger partial charge in [-0.25, -0.2) is 13.4 Å². The number of benzene rings is 2. The molecule has 0 saturated carbocycles. The Labute approximate surface area is 177 Å². The largest absolute Gasteiger partial charge is 0.493 e. The lowest BCUT2D eigenvalue weighted by Crippen LogP contribution is -2.37. The first-order chi connectivity index (χ1) is 12.5. The summed E-state index contributed by atoms with van der Waals surface area (Å²) < 4.78 is 29.6. The Balaban J connectivity index is 0.00000261. The molecule has 1 aliphatic heterocycles. The van der Waals surface area contributed by atoms with Gasteiger partial charge in [0, 0.05) is 12.0 Å². The lowest BCUT2D eigenvalue weighted by Gasteiger charge is -2.26. The van der Waals surface area contributed by atoms with Crippen molar-refractivity contribution in [3.05, 3.63) is 59.7 Å². The number of sulfone groups is 1. The summed E-state index contributed by atoms with van der Waals surface area (Å²) in [4.78, 5) is 4.68. The van der Waals surface area contributed by atoms with E-state index in [4.69, 9.17) is 10.5 Å². The number of hydrogen-bond acceptors (Lipinski definition) is 4. The van der Waals surface area contributed by atoms with Crippen LogP contribution in [0.4, 0.5) is 0 Å². The standard InChI is InChI=1S/C19H23N3O3S.HI/c1-2-26(23,24)15-7-5-6-14(12-15)13-21-19(20)22-17-10-11-25-18-9-4-3-8-16(17)18;/h3-9,12,17H,2,10-11,13H2,1H3,(H3,20,21,22);1H.